The molecule has 2 aliphatic rings. The van der Waals surface area contributed by atoms with Crippen molar-refractivity contribution in [1.29, 1.82) is 0 Å². The van der Waals surface area contributed by atoms with Crippen LogP contribution in [-0.4, -0.2) is 61.3 Å². The number of sulfonamides is 1. The van der Waals surface area contributed by atoms with Gasteiger partial charge in [0.05, 0.1) is 10.5 Å². The SMILES string of the molecule is O=S(=O)(c1ccc(C(F)(F)F)cc1)N1CCCSCC1CN1CCCC1. The summed E-state index contributed by atoms with van der Waals surface area (Å²) in [5.41, 5.74) is -0.837. The van der Waals surface area contributed by atoms with E-state index in [0.29, 0.717) is 13.1 Å². The second-order valence-electron chi connectivity index (χ2n) is 6.73. The molecule has 1 atom stereocenters. The first-order valence-electron chi connectivity index (χ1n) is 8.78. The molecule has 0 bridgehead atoms. The van der Waals surface area contributed by atoms with Gasteiger partial charge in [-0.15, -0.1) is 0 Å². The van der Waals surface area contributed by atoms with E-state index in [9.17, 15) is 21.6 Å². The summed E-state index contributed by atoms with van der Waals surface area (Å²) in [7, 11) is -3.81. The number of hydrogen-bond donors (Lipinski definition) is 0. The predicted molar refractivity (Wildman–Crippen MR) is 96.7 cm³/mol. The molecule has 1 unspecified atom stereocenters. The molecule has 146 valence electrons. The molecule has 1 aromatic carbocycles. The molecule has 26 heavy (non-hydrogen) atoms. The topological polar surface area (TPSA) is 40.6 Å². The average Bonchev–Trinajstić information content (AvgIpc) is 2.98. The van der Waals surface area contributed by atoms with Crippen molar-refractivity contribution in [2.75, 3.05) is 37.7 Å². The van der Waals surface area contributed by atoms with Gasteiger partial charge in [0.1, 0.15) is 0 Å². The highest BCUT2D eigenvalue weighted by atomic mass is 32.2. The zero-order chi connectivity index (χ0) is 18.8. The molecule has 0 spiro atoms. The Balaban J connectivity index is 1.84. The second kappa shape index (κ2) is 8.08. The minimum absolute atomic E-state index is 0.0659. The van der Waals surface area contributed by atoms with Gasteiger partial charge in [-0.05, 0) is 62.4 Å². The third-order valence-electron chi connectivity index (χ3n) is 4.84. The maximum Gasteiger partial charge on any atom is 0.416 e. The van der Waals surface area contributed by atoms with Crippen molar-refractivity contribution < 1.29 is 21.6 Å². The van der Waals surface area contributed by atoms with Gasteiger partial charge < -0.3 is 4.90 Å². The van der Waals surface area contributed by atoms with Crippen molar-refractivity contribution in [1.82, 2.24) is 9.21 Å². The van der Waals surface area contributed by atoms with Crippen LogP contribution in [0.4, 0.5) is 13.2 Å². The maximum atomic E-state index is 13.1. The van der Waals surface area contributed by atoms with Gasteiger partial charge in [0, 0.05) is 24.9 Å². The van der Waals surface area contributed by atoms with Crippen molar-refractivity contribution in [3.8, 4) is 0 Å². The molecule has 9 heteroatoms. The Morgan fingerprint density at radius 1 is 1.04 bits per heavy atom. The summed E-state index contributed by atoms with van der Waals surface area (Å²) in [6.45, 7) is 3.06. The van der Waals surface area contributed by atoms with Crippen LogP contribution in [0.15, 0.2) is 29.2 Å². The second-order valence-corrected chi connectivity index (χ2v) is 9.77. The lowest BCUT2D eigenvalue weighted by Gasteiger charge is -2.31. The summed E-state index contributed by atoms with van der Waals surface area (Å²) in [6, 6.07) is 3.68. The molecule has 2 aliphatic heterocycles. The number of benzene rings is 1. The molecule has 2 saturated heterocycles. The van der Waals surface area contributed by atoms with Crippen LogP contribution in [0.3, 0.4) is 0 Å². The third-order valence-corrected chi connectivity index (χ3v) is 8.00. The Bertz CT molecular complexity index is 702. The Morgan fingerprint density at radius 3 is 2.31 bits per heavy atom. The standard InChI is InChI=1S/C17H23F3N2O2S2/c18-17(19,20)14-4-6-16(7-5-14)26(23,24)22-10-3-11-25-13-15(22)12-21-8-1-2-9-21/h4-7,15H,1-3,8-13H2. The van der Waals surface area contributed by atoms with Gasteiger partial charge >= 0.3 is 6.18 Å². The van der Waals surface area contributed by atoms with E-state index in [1.165, 1.54) is 4.31 Å². The van der Waals surface area contributed by atoms with E-state index < -0.39 is 21.8 Å². The van der Waals surface area contributed by atoms with Crippen molar-refractivity contribution >= 4 is 21.8 Å². The van der Waals surface area contributed by atoms with Crippen LogP contribution in [0, 0.1) is 0 Å². The number of rotatable bonds is 4. The van der Waals surface area contributed by atoms with Gasteiger partial charge in [0.2, 0.25) is 10.0 Å². The Kier molecular flexibility index (Phi) is 6.21. The zero-order valence-electron chi connectivity index (χ0n) is 14.4. The molecule has 2 heterocycles. The minimum Gasteiger partial charge on any atom is -0.302 e. The fourth-order valence-electron chi connectivity index (χ4n) is 3.48. The average molecular weight is 409 g/mol. The summed E-state index contributed by atoms with van der Waals surface area (Å²) >= 11 is 1.75. The van der Waals surface area contributed by atoms with Crippen LogP contribution in [-0.2, 0) is 16.2 Å². The molecule has 3 rings (SSSR count). The first-order chi connectivity index (χ1) is 12.3. The molecule has 1 aromatic rings. The molecule has 0 aromatic heterocycles. The van der Waals surface area contributed by atoms with Gasteiger partial charge in [-0.2, -0.15) is 29.2 Å². The fraction of sp³-hybridized carbons (Fsp3) is 0.647. The summed E-state index contributed by atoms with van der Waals surface area (Å²) in [6.07, 6.45) is -1.46. The predicted octanol–water partition coefficient (Wildman–Crippen LogP) is 3.30. The van der Waals surface area contributed by atoms with E-state index in [4.69, 9.17) is 0 Å². The number of hydrogen-bond acceptors (Lipinski definition) is 4. The maximum absolute atomic E-state index is 13.1. The molecule has 0 saturated carbocycles. The molecule has 0 aliphatic carbocycles. The van der Waals surface area contributed by atoms with Gasteiger partial charge in [-0.3, -0.25) is 0 Å². The highest BCUT2D eigenvalue weighted by Crippen LogP contribution is 2.31. The number of alkyl halides is 3. The normalized spacial score (nSPS) is 23.9. The molecular formula is C17H23F3N2O2S2. The first kappa shape index (κ1) is 20.0. The van der Waals surface area contributed by atoms with Crippen molar-refractivity contribution in [3.05, 3.63) is 29.8 Å². The van der Waals surface area contributed by atoms with Crippen LogP contribution < -0.4 is 0 Å². The van der Waals surface area contributed by atoms with Crippen LogP contribution in [0.5, 0.6) is 0 Å². The third kappa shape index (κ3) is 4.55. The lowest BCUT2D eigenvalue weighted by atomic mass is 10.2. The van der Waals surface area contributed by atoms with Gasteiger partial charge in [0.25, 0.3) is 0 Å². The highest BCUT2D eigenvalue weighted by Gasteiger charge is 2.35. The Hall–Kier alpha value is -0.770. The molecule has 4 nitrogen and oxygen atoms in total. The quantitative estimate of drug-likeness (QED) is 0.767. The number of halogens is 3. The smallest absolute Gasteiger partial charge is 0.302 e. The van der Waals surface area contributed by atoms with E-state index >= 15 is 0 Å². The lowest BCUT2D eigenvalue weighted by molar-refractivity contribution is -0.137. The molecule has 0 radical (unpaired) electrons. The van der Waals surface area contributed by atoms with Crippen molar-refractivity contribution in [2.24, 2.45) is 0 Å². The van der Waals surface area contributed by atoms with Crippen LogP contribution in [0.25, 0.3) is 0 Å². The van der Waals surface area contributed by atoms with Crippen molar-refractivity contribution in [2.45, 2.75) is 36.4 Å². The van der Waals surface area contributed by atoms with Crippen LogP contribution >= 0.6 is 11.8 Å². The molecule has 2 fully saturated rings. The van der Waals surface area contributed by atoms with E-state index in [0.717, 1.165) is 68.1 Å². The Labute approximate surface area is 156 Å². The van der Waals surface area contributed by atoms with Gasteiger partial charge in [-0.1, -0.05) is 0 Å². The number of likely N-dealkylation sites (tertiary alicyclic amines) is 1. The Morgan fingerprint density at radius 2 is 1.69 bits per heavy atom. The van der Waals surface area contributed by atoms with E-state index in [-0.39, 0.29) is 10.9 Å². The van der Waals surface area contributed by atoms with Gasteiger partial charge in [0.15, 0.2) is 0 Å². The fourth-order valence-corrected chi connectivity index (χ4v) is 6.29. The minimum atomic E-state index is -4.47. The van der Waals surface area contributed by atoms with Crippen LogP contribution in [0.2, 0.25) is 0 Å². The monoisotopic (exact) mass is 408 g/mol. The van der Waals surface area contributed by atoms with E-state index in [1.54, 1.807) is 11.8 Å². The molecular weight excluding hydrogens is 385 g/mol. The lowest BCUT2D eigenvalue weighted by Crippen LogP contribution is -2.47. The number of thioether (sulfide) groups is 1. The van der Waals surface area contributed by atoms with E-state index in [2.05, 4.69) is 4.90 Å². The summed E-state index contributed by atoms with van der Waals surface area (Å²) in [4.78, 5) is 2.22. The first-order valence-corrected chi connectivity index (χ1v) is 11.4. The number of nitrogens with zero attached hydrogens (tertiary/aromatic N) is 2. The van der Waals surface area contributed by atoms with E-state index in [1.807, 2.05) is 0 Å². The summed E-state index contributed by atoms with van der Waals surface area (Å²) in [5.74, 6) is 1.62. The van der Waals surface area contributed by atoms with Crippen LogP contribution in [0.1, 0.15) is 24.8 Å². The summed E-state index contributed by atoms with van der Waals surface area (Å²) < 4.78 is 65.9. The van der Waals surface area contributed by atoms with Crippen molar-refractivity contribution in [3.63, 3.8) is 0 Å². The largest absolute Gasteiger partial charge is 0.416 e. The summed E-state index contributed by atoms with van der Waals surface area (Å²) in [5, 5.41) is 0. The highest BCUT2D eigenvalue weighted by molar-refractivity contribution is 7.99. The molecule has 0 amide bonds. The zero-order valence-corrected chi connectivity index (χ0v) is 16.0. The molecule has 0 N–H and O–H groups in total. The van der Waals surface area contributed by atoms with Gasteiger partial charge in [-0.25, -0.2) is 8.42 Å².